The van der Waals surface area contributed by atoms with Gasteiger partial charge in [-0.05, 0) is 62.1 Å². The monoisotopic (exact) mass is 377 g/mol. The van der Waals surface area contributed by atoms with E-state index in [1.54, 1.807) is 10.8 Å². The summed E-state index contributed by atoms with van der Waals surface area (Å²) >= 11 is 0. The Morgan fingerprint density at radius 1 is 0.929 bits per heavy atom. The zero-order valence-electron chi connectivity index (χ0n) is 16.2. The third kappa shape index (κ3) is 4.08. The Morgan fingerprint density at radius 3 is 2.46 bits per heavy atom. The Kier molecular flexibility index (Phi) is 5.70. The lowest BCUT2D eigenvalue weighted by Crippen LogP contribution is -2.35. The summed E-state index contributed by atoms with van der Waals surface area (Å²) in [7, 11) is 0. The lowest BCUT2D eigenvalue weighted by Gasteiger charge is -2.26. The number of carbonyl (C=O) groups excluding carboxylic acids is 2. The predicted octanol–water partition coefficient (Wildman–Crippen LogP) is 3.93. The fourth-order valence-electron chi connectivity index (χ4n) is 4.11. The zero-order chi connectivity index (χ0) is 19.3. The number of nitrogens with zero attached hydrogens (tertiary/aromatic N) is 3. The van der Waals surface area contributed by atoms with Crippen molar-refractivity contribution in [3.63, 3.8) is 0 Å². The first-order valence-electron chi connectivity index (χ1n) is 10.4. The first kappa shape index (κ1) is 18.7. The average molecular weight is 377 g/mol. The summed E-state index contributed by atoms with van der Waals surface area (Å²) in [5, 5.41) is 0. The molecular formula is C23H27N3O2. The molecule has 2 heterocycles. The second kappa shape index (κ2) is 8.55. The lowest BCUT2D eigenvalue weighted by molar-refractivity contribution is -0.119. The predicted molar refractivity (Wildman–Crippen MR) is 109 cm³/mol. The maximum Gasteiger partial charge on any atom is 0.263 e. The van der Waals surface area contributed by atoms with E-state index in [4.69, 9.17) is 4.99 Å². The summed E-state index contributed by atoms with van der Waals surface area (Å²) in [5.41, 5.74) is 2.19. The van der Waals surface area contributed by atoms with Crippen LogP contribution in [0.1, 0.15) is 61.7 Å². The molecule has 146 valence electrons. The van der Waals surface area contributed by atoms with E-state index in [-0.39, 0.29) is 11.8 Å². The first-order valence-corrected chi connectivity index (χ1v) is 10.4. The quantitative estimate of drug-likeness (QED) is 0.814. The van der Waals surface area contributed by atoms with Gasteiger partial charge in [-0.15, -0.1) is 0 Å². The Morgan fingerprint density at radius 2 is 1.71 bits per heavy atom. The van der Waals surface area contributed by atoms with Gasteiger partial charge >= 0.3 is 0 Å². The molecule has 0 spiro atoms. The Hall–Kier alpha value is -2.69. The van der Waals surface area contributed by atoms with Crippen LogP contribution in [-0.4, -0.2) is 29.0 Å². The van der Waals surface area contributed by atoms with Crippen LogP contribution < -0.4 is 10.4 Å². The van der Waals surface area contributed by atoms with Crippen molar-refractivity contribution in [2.45, 2.75) is 57.4 Å². The second-order valence-electron chi connectivity index (χ2n) is 7.70. The number of benzene rings is 1. The molecule has 1 amide bonds. The van der Waals surface area contributed by atoms with Gasteiger partial charge in [0.25, 0.3) is 5.91 Å². The van der Waals surface area contributed by atoms with Crippen molar-refractivity contribution in [2.75, 3.05) is 11.4 Å². The highest BCUT2D eigenvalue weighted by Crippen LogP contribution is 2.22. The van der Waals surface area contributed by atoms with E-state index in [1.165, 1.54) is 19.3 Å². The van der Waals surface area contributed by atoms with Gasteiger partial charge < -0.3 is 4.90 Å². The van der Waals surface area contributed by atoms with E-state index in [9.17, 15) is 9.59 Å². The van der Waals surface area contributed by atoms with E-state index in [2.05, 4.69) is 0 Å². The van der Waals surface area contributed by atoms with Crippen LogP contribution in [0, 0.1) is 0 Å². The largest absolute Gasteiger partial charge is 0.312 e. The van der Waals surface area contributed by atoms with Crippen molar-refractivity contribution >= 4 is 17.5 Å². The molecule has 4 rings (SSSR count). The van der Waals surface area contributed by atoms with Crippen molar-refractivity contribution in [1.82, 2.24) is 4.57 Å². The minimum Gasteiger partial charge on any atom is -0.312 e. The summed E-state index contributed by atoms with van der Waals surface area (Å²) in [5.74, 6) is 0.0722. The summed E-state index contributed by atoms with van der Waals surface area (Å²) in [6.45, 7) is 0.754. The number of amides is 1. The van der Waals surface area contributed by atoms with Crippen molar-refractivity contribution < 1.29 is 9.59 Å². The standard InChI is InChI=1S/C23H27N3O2/c27-22-11-5-7-16-25(22)20-14-12-18(13-15-20)23(28)26-17-6-4-10-21(26)24-19-8-2-1-3-9-19/h4,6,10,12-15,17,19H,1-3,5,7-9,11,16H2. The maximum absolute atomic E-state index is 13.1. The molecule has 0 radical (unpaired) electrons. The third-order valence-corrected chi connectivity index (χ3v) is 5.70. The van der Waals surface area contributed by atoms with Crippen LogP contribution >= 0.6 is 0 Å². The van der Waals surface area contributed by atoms with Crippen LogP contribution in [0.25, 0.3) is 0 Å². The van der Waals surface area contributed by atoms with Gasteiger partial charge in [0.05, 0.1) is 6.04 Å². The molecule has 28 heavy (non-hydrogen) atoms. The fourth-order valence-corrected chi connectivity index (χ4v) is 4.11. The summed E-state index contributed by atoms with van der Waals surface area (Å²) < 4.78 is 1.63. The van der Waals surface area contributed by atoms with Crippen molar-refractivity contribution in [2.24, 2.45) is 4.99 Å². The minimum atomic E-state index is -0.0910. The normalized spacial score (nSPS) is 19.1. The number of piperidine rings is 1. The molecule has 2 aliphatic rings. The molecule has 5 heteroatoms. The second-order valence-corrected chi connectivity index (χ2v) is 7.70. The van der Waals surface area contributed by atoms with Gasteiger partial charge in [0.15, 0.2) is 0 Å². The van der Waals surface area contributed by atoms with E-state index in [0.29, 0.717) is 18.0 Å². The molecule has 1 aromatic heterocycles. The smallest absolute Gasteiger partial charge is 0.263 e. The molecule has 0 N–H and O–H groups in total. The maximum atomic E-state index is 13.1. The molecule has 1 saturated heterocycles. The Balaban J connectivity index is 1.58. The van der Waals surface area contributed by atoms with Crippen molar-refractivity contribution in [1.29, 1.82) is 0 Å². The lowest BCUT2D eigenvalue weighted by atomic mass is 9.96. The highest BCUT2D eigenvalue weighted by Gasteiger charge is 2.20. The Bertz CT molecular complexity index is 908. The molecule has 1 aliphatic heterocycles. The molecule has 2 aromatic rings. The van der Waals surface area contributed by atoms with E-state index < -0.39 is 0 Å². The molecule has 1 aromatic carbocycles. The molecule has 1 aliphatic carbocycles. The van der Waals surface area contributed by atoms with Crippen LogP contribution in [0.3, 0.4) is 0 Å². The number of pyridine rings is 1. The van der Waals surface area contributed by atoms with Gasteiger partial charge in [-0.25, -0.2) is 0 Å². The van der Waals surface area contributed by atoms with Crippen LogP contribution in [-0.2, 0) is 4.79 Å². The number of anilines is 1. The summed E-state index contributed by atoms with van der Waals surface area (Å²) in [6.07, 6.45) is 10.3. The molecule has 2 fully saturated rings. The molecule has 5 nitrogen and oxygen atoms in total. The summed E-state index contributed by atoms with van der Waals surface area (Å²) in [4.78, 5) is 31.9. The molecule has 0 bridgehead atoms. The van der Waals surface area contributed by atoms with E-state index >= 15 is 0 Å². The van der Waals surface area contributed by atoms with Crippen molar-refractivity contribution in [3.8, 4) is 0 Å². The summed E-state index contributed by atoms with van der Waals surface area (Å²) in [6, 6.07) is 13.4. The number of rotatable bonds is 3. The third-order valence-electron chi connectivity index (χ3n) is 5.70. The van der Waals surface area contributed by atoms with Gasteiger partial charge in [-0.2, -0.15) is 0 Å². The van der Waals surface area contributed by atoms with Gasteiger partial charge in [0.2, 0.25) is 5.91 Å². The Labute approximate surface area is 165 Å². The number of hydrogen-bond donors (Lipinski definition) is 0. The van der Waals surface area contributed by atoms with Gasteiger partial charge in [-0.1, -0.05) is 25.3 Å². The SMILES string of the molecule is O=C1CCCCN1c1ccc(C(=O)n2ccccc2=NC2CCCCC2)cc1. The highest BCUT2D eigenvalue weighted by molar-refractivity contribution is 5.97. The molecule has 1 saturated carbocycles. The number of hydrogen-bond acceptors (Lipinski definition) is 3. The van der Waals surface area contributed by atoms with Crippen LogP contribution in [0.15, 0.2) is 53.7 Å². The average Bonchev–Trinajstić information content (AvgIpc) is 2.75. The molecule has 0 unspecified atom stereocenters. The zero-order valence-corrected chi connectivity index (χ0v) is 16.2. The van der Waals surface area contributed by atoms with Crippen LogP contribution in [0.5, 0.6) is 0 Å². The fraction of sp³-hybridized carbons (Fsp3) is 0.435. The molecular weight excluding hydrogens is 350 g/mol. The van der Waals surface area contributed by atoms with Crippen LogP contribution in [0.4, 0.5) is 5.69 Å². The van der Waals surface area contributed by atoms with Gasteiger partial charge in [-0.3, -0.25) is 19.1 Å². The first-order chi connectivity index (χ1) is 13.7. The van der Waals surface area contributed by atoms with E-state index in [1.807, 2.05) is 47.4 Å². The minimum absolute atomic E-state index is 0.0910. The molecule has 0 atom stereocenters. The van der Waals surface area contributed by atoms with Gasteiger partial charge in [0.1, 0.15) is 5.49 Å². The van der Waals surface area contributed by atoms with Crippen LogP contribution in [0.2, 0.25) is 0 Å². The number of carbonyl (C=O) groups is 2. The van der Waals surface area contributed by atoms with Crippen molar-refractivity contribution in [3.05, 3.63) is 59.7 Å². The van der Waals surface area contributed by atoms with E-state index in [0.717, 1.165) is 43.4 Å². The highest BCUT2D eigenvalue weighted by atomic mass is 16.2. The number of aromatic nitrogens is 1. The topological polar surface area (TPSA) is 54.7 Å². The van der Waals surface area contributed by atoms with Gasteiger partial charge in [0, 0.05) is 30.4 Å².